The molecule has 48 heavy (non-hydrogen) atoms. The van der Waals surface area contributed by atoms with Crippen LogP contribution in [0.25, 0.3) is 0 Å². The summed E-state index contributed by atoms with van der Waals surface area (Å²) in [7, 11) is 0. The molecule has 0 heterocycles. The Kier molecular flexibility index (Phi) is 9.25. The van der Waals surface area contributed by atoms with Crippen LogP contribution in [0.15, 0.2) is 11.6 Å². The zero-order chi connectivity index (χ0) is 34.2. The largest absolute Gasteiger partial charge is 0.481 e. The predicted molar refractivity (Wildman–Crippen MR) is 187 cm³/mol. The molecule has 8 aliphatic carbocycles. The van der Waals surface area contributed by atoms with E-state index in [4.69, 9.17) is 0 Å². The number of fused-ring (bicyclic) bond motifs is 10. The van der Waals surface area contributed by atoms with Crippen LogP contribution >= 0.6 is 0 Å². The van der Waals surface area contributed by atoms with E-state index in [2.05, 4.69) is 33.8 Å². The van der Waals surface area contributed by atoms with Crippen molar-refractivity contribution >= 4 is 11.9 Å². The Hall–Kier alpha value is -1.40. The third kappa shape index (κ3) is 5.64. The first kappa shape index (κ1) is 35.0. The number of aliphatic carboxylic acids is 2. The zero-order valence-corrected chi connectivity index (χ0v) is 30.5. The highest BCUT2D eigenvalue weighted by molar-refractivity contribution is 5.67. The normalized spacial score (nSPS) is 52.1. The molecule has 0 radical (unpaired) electrons. The molecule has 0 aliphatic heterocycles. The van der Waals surface area contributed by atoms with Crippen LogP contribution in [-0.4, -0.2) is 44.6 Å². The van der Waals surface area contributed by atoms with Crippen LogP contribution in [0.2, 0.25) is 0 Å². The molecule has 6 nitrogen and oxygen atoms in total. The van der Waals surface area contributed by atoms with Gasteiger partial charge in [0, 0.05) is 12.8 Å². The van der Waals surface area contributed by atoms with Gasteiger partial charge in [-0.05, 0) is 184 Å². The van der Waals surface area contributed by atoms with Crippen molar-refractivity contribution in [3.8, 4) is 0 Å². The van der Waals surface area contributed by atoms with Gasteiger partial charge in [0.15, 0.2) is 0 Å². The molecule has 0 bridgehead atoms. The third-order valence-corrected chi connectivity index (χ3v) is 17.9. The second-order valence-corrected chi connectivity index (χ2v) is 19.6. The van der Waals surface area contributed by atoms with Crippen LogP contribution in [-0.2, 0) is 9.59 Å². The summed E-state index contributed by atoms with van der Waals surface area (Å²) in [4.78, 5) is 22.5. The van der Waals surface area contributed by atoms with Crippen molar-refractivity contribution in [1.29, 1.82) is 0 Å². The molecule has 4 N–H and O–H groups in total. The molecular weight excluding hydrogens is 600 g/mol. The second kappa shape index (κ2) is 12.7. The Morgan fingerprint density at radius 2 is 1.27 bits per heavy atom. The van der Waals surface area contributed by atoms with Crippen molar-refractivity contribution in [2.45, 2.75) is 162 Å². The second-order valence-electron chi connectivity index (χ2n) is 19.6. The molecule has 0 saturated heterocycles. The summed E-state index contributed by atoms with van der Waals surface area (Å²) < 4.78 is 0. The minimum absolute atomic E-state index is 0.0682. The summed E-state index contributed by atoms with van der Waals surface area (Å²) in [6, 6.07) is 0. The van der Waals surface area contributed by atoms with E-state index in [0.29, 0.717) is 47.3 Å². The lowest BCUT2D eigenvalue weighted by Gasteiger charge is -2.61. The van der Waals surface area contributed by atoms with E-state index in [1.54, 1.807) is 5.57 Å². The van der Waals surface area contributed by atoms with E-state index >= 15 is 0 Å². The smallest absolute Gasteiger partial charge is 0.303 e. The summed E-state index contributed by atoms with van der Waals surface area (Å²) in [5.41, 5.74) is 2.67. The maximum atomic E-state index is 11.4. The number of carbonyl (C=O) groups is 2. The van der Waals surface area contributed by atoms with Gasteiger partial charge in [0.05, 0.1) is 12.2 Å². The highest BCUT2D eigenvalue weighted by Gasteiger charge is 2.61. The highest BCUT2D eigenvalue weighted by atomic mass is 16.4. The van der Waals surface area contributed by atoms with E-state index in [0.717, 1.165) is 68.1 Å². The Labute approximate surface area is 289 Å². The highest BCUT2D eigenvalue weighted by Crippen LogP contribution is 2.69. The standard InChI is InChI=1S/C23H36O4.C19H30O2/c1-22-9-7-14(12-20(24)25)11-15(22)3-5-17-18-6-4-16(13-21(26)27)23(18,2)10-8-19(17)22;1-18-9-7-13(20)11-12(18)3-4-14-15-5-6-17(21)19(15,2)10-8-16(14)18/h14-19H,3-13H2,1-2H3,(H,24,25)(H,26,27);11,13-17,20-21H,3-10H2,1-2H3/t14?,15?,16?,17-,18-,19-,22-,23+;13-,14-,15-,16-,17-,18-,19-/m00/s1. The van der Waals surface area contributed by atoms with Crippen molar-refractivity contribution in [1.82, 2.24) is 0 Å². The molecule has 0 amide bonds. The van der Waals surface area contributed by atoms with Gasteiger partial charge in [0.25, 0.3) is 0 Å². The van der Waals surface area contributed by atoms with Gasteiger partial charge in [-0.3, -0.25) is 9.59 Å². The van der Waals surface area contributed by atoms with Gasteiger partial charge in [0.1, 0.15) is 0 Å². The molecule has 8 aliphatic rings. The van der Waals surface area contributed by atoms with Crippen LogP contribution in [0.5, 0.6) is 0 Å². The molecule has 0 aromatic carbocycles. The fourth-order valence-corrected chi connectivity index (χ4v) is 15.1. The maximum Gasteiger partial charge on any atom is 0.303 e. The first-order valence-corrected chi connectivity index (χ1v) is 20.2. The number of carboxylic acids is 2. The van der Waals surface area contributed by atoms with Crippen LogP contribution < -0.4 is 0 Å². The van der Waals surface area contributed by atoms with Crippen molar-refractivity contribution in [2.75, 3.05) is 0 Å². The van der Waals surface area contributed by atoms with Gasteiger partial charge < -0.3 is 20.4 Å². The van der Waals surface area contributed by atoms with E-state index in [1.807, 2.05) is 0 Å². The number of allylic oxidation sites excluding steroid dienone is 1. The fourth-order valence-electron chi connectivity index (χ4n) is 15.1. The summed E-state index contributed by atoms with van der Waals surface area (Å²) in [6.07, 6.45) is 22.6. The number of rotatable bonds is 4. The SMILES string of the molecule is C[C@]12CCC(CC(=O)O)CC1CC[C@@H]1[C@@H]2CC[C@]2(C)C(CC(=O)O)CC[C@@H]12.C[C@]12CC[C@H]3[C@@H](CCC4=C[C@@H](O)CC[C@@]43C)[C@@H]1CC[C@@H]2O. The monoisotopic (exact) mass is 666 g/mol. The van der Waals surface area contributed by atoms with E-state index in [9.17, 15) is 30.0 Å². The molecule has 7 saturated carbocycles. The van der Waals surface area contributed by atoms with Crippen LogP contribution in [0.4, 0.5) is 0 Å². The summed E-state index contributed by atoms with van der Waals surface area (Å²) >= 11 is 0. The van der Waals surface area contributed by atoms with Crippen LogP contribution in [0.1, 0.15) is 150 Å². The van der Waals surface area contributed by atoms with Gasteiger partial charge in [-0.1, -0.05) is 39.3 Å². The van der Waals surface area contributed by atoms with Gasteiger partial charge in [-0.15, -0.1) is 0 Å². The molecule has 6 heteroatoms. The molecule has 0 spiro atoms. The maximum absolute atomic E-state index is 11.4. The minimum Gasteiger partial charge on any atom is -0.481 e. The Balaban J connectivity index is 0.000000156. The number of aliphatic hydroxyl groups excluding tert-OH is 2. The fraction of sp³-hybridized carbons (Fsp3) is 0.905. The first-order valence-electron chi connectivity index (χ1n) is 20.2. The summed E-state index contributed by atoms with van der Waals surface area (Å²) in [5.74, 6) is 4.71. The van der Waals surface area contributed by atoms with Gasteiger partial charge in [0.2, 0.25) is 0 Å². The zero-order valence-electron chi connectivity index (χ0n) is 30.5. The number of hydrogen-bond donors (Lipinski definition) is 4. The predicted octanol–water partition coefficient (Wildman–Crippen LogP) is 8.88. The van der Waals surface area contributed by atoms with Crippen LogP contribution in [0, 0.1) is 74.9 Å². The lowest BCUT2D eigenvalue weighted by Crippen LogP contribution is -2.53. The van der Waals surface area contributed by atoms with E-state index in [-0.39, 0.29) is 23.0 Å². The average molecular weight is 667 g/mol. The van der Waals surface area contributed by atoms with Crippen molar-refractivity contribution in [3.63, 3.8) is 0 Å². The molecule has 8 rings (SSSR count). The molecule has 0 aromatic heterocycles. The average Bonchev–Trinajstić information content (AvgIpc) is 3.52. The summed E-state index contributed by atoms with van der Waals surface area (Å²) in [5, 5.41) is 39.0. The summed E-state index contributed by atoms with van der Waals surface area (Å²) in [6.45, 7) is 9.73. The minimum atomic E-state index is -0.638. The van der Waals surface area contributed by atoms with Crippen LogP contribution in [0.3, 0.4) is 0 Å². The van der Waals surface area contributed by atoms with Gasteiger partial charge in [-0.25, -0.2) is 0 Å². The van der Waals surface area contributed by atoms with Crippen molar-refractivity contribution < 1.29 is 30.0 Å². The molecule has 270 valence electrons. The molecule has 3 unspecified atom stereocenters. The number of aliphatic hydroxyl groups is 2. The van der Waals surface area contributed by atoms with Gasteiger partial charge in [-0.2, -0.15) is 0 Å². The van der Waals surface area contributed by atoms with Crippen molar-refractivity contribution in [2.24, 2.45) is 74.9 Å². The molecule has 15 atom stereocenters. The first-order chi connectivity index (χ1) is 22.7. The Morgan fingerprint density at radius 3 is 2.02 bits per heavy atom. The molecule has 7 fully saturated rings. The quantitative estimate of drug-likeness (QED) is 0.223. The topological polar surface area (TPSA) is 115 Å². The van der Waals surface area contributed by atoms with Crippen molar-refractivity contribution in [3.05, 3.63) is 11.6 Å². The lowest BCUT2D eigenvalue weighted by molar-refractivity contribution is -0.143. The lowest BCUT2D eigenvalue weighted by atomic mass is 9.44. The molecule has 0 aromatic rings. The number of hydrogen-bond acceptors (Lipinski definition) is 4. The van der Waals surface area contributed by atoms with E-state index < -0.39 is 11.9 Å². The van der Waals surface area contributed by atoms with E-state index in [1.165, 1.54) is 70.6 Å². The number of carboxylic acid groups (broad SMARTS) is 2. The Bertz CT molecular complexity index is 1280. The third-order valence-electron chi connectivity index (χ3n) is 17.9. The Morgan fingerprint density at radius 1 is 0.646 bits per heavy atom. The molecular formula is C42H66O6. The van der Waals surface area contributed by atoms with Gasteiger partial charge >= 0.3 is 11.9 Å².